The summed E-state index contributed by atoms with van der Waals surface area (Å²) in [6.45, 7) is 2.67. The maximum atomic E-state index is 11.2. The van der Waals surface area contributed by atoms with E-state index >= 15 is 0 Å². The highest BCUT2D eigenvalue weighted by Gasteiger charge is 2.01. The van der Waals surface area contributed by atoms with E-state index in [0.29, 0.717) is 13.0 Å². The molecule has 0 atom stereocenters. The largest absolute Gasteiger partial charge is 0.365 e. The molecule has 0 saturated heterocycles. The first-order valence-electron chi connectivity index (χ1n) is 5.15. The molecule has 1 aromatic rings. The predicted octanol–water partition coefficient (Wildman–Crippen LogP) is 1.64. The Labute approximate surface area is 94.1 Å². The second kappa shape index (κ2) is 6.40. The lowest BCUT2D eigenvalue weighted by molar-refractivity contribution is -0.121. The van der Waals surface area contributed by atoms with Crippen molar-refractivity contribution in [2.45, 2.75) is 26.2 Å². The van der Waals surface area contributed by atoms with E-state index in [9.17, 15) is 4.79 Å². The number of anilines is 1. The number of rotatable bonds is 6. The van der Waals surface area contributed by atoms with Crippen LogP contribution < -0.4 is 10.6 Å². The molecule has 0 aliphatic heterocycles. The summed E-state index contributed by atoms with van der Waals surface area (Å²) in [5.74, 6) is 0.126. The smallest absolute Gasteiger partial charge is 0.219 e. The Bertz CT molecular complexity index is 311. The first kappa shape index (κ1) is 12.0. The predicted molar refractivity (Wildman–Crippen MR) is 63.3 cm³/mol. The number of nitrogens with zero attached hydrogens (tertiary/aromatic N) is 1. The summed E-state index contributed by atoms with van der Waals surface area (Å²) in [5, 5.41) is 8.78. The lowest BCUT2D eigenvalue weighted by Gasteiger charge is -2.01. The van der Waals surface area contributed by atoms with Crippen molar-refractivity contribution >= 4 is 22.4 Å². The van der Waals surface area contributed by atoms with Gasteiger partial charge in [0.25, 0.3) is 0 Å². The molecule has 1 rings (SSSR count). The summed E-state index contributed by atoms with van der Waals surface area (Å²) in [5.41, 5.74) is 1.03. The van der Waals surface area contributed by atoms with E-state index in [4.69, 9.17) is 0 Å². The molecular formula is C10H17N3OS. The van der Waals surface area contributed by atoms with Gasteiger partial charge >= 0.3 is 0 Å². The number of hydrogen-bond acceptors (Lipinski definition) is 4. The van der Waals surface area contributed by atoms with Gasteiger partial charge in [-0.25, -0.2) is 4.98 Å². The SMILES string of the molecule is CCCC(=O)NCCc1csc(NC)n1. The van der Waals surface area contributed by atoms with Gasteiger partial charge in [-0.05, 0) is 6.42 Å². The zero-order valence-electron chi connectivity index (χ0n) is 9.17. The molecule has 0 saturated carbocycles. The highest BCUT2D eigenvalue weighted by Crippen LogP contribution is 2.14. The van der Waals surface area contributed by atoms with Crippen LogP contribution in [0.1, 0.15) is 25.5 Å². The van der Waals surface area contributed by atoms with Gasteiger partial charge in [-0.1, -0.05) is 6.92 Å². The molecule has 0 radical (unpaired) electrons. The van der Waals surface area contributed by atoms with Gasteiger partial charge in [0, 0.05) is 31.8 Å². The van der Waals surface area contributed by atoms with Crippen LogP contribution >= 0.6 is 11.3 Å². The summed E-state index contributed by atoms with van der Waals surface area (Å²) in [6, 6.07) is 0. The first-order chi connectivity index (χ1) is 7.26. The van der Waals surface area contributed by atoms with Crippen molar-refractivity contribution in [1.82, 2.24) is 10.3 Å². The van der Waals surface area contributed by atoms with Crippen molar-refractivity contribution in [3.63, 3.8) is 0 Å². The summed E-state index contributed by atoms with van der Waals surface area (Å²) in [6.07, 6.45) is 2.30. The number of thiazole rings is 1. The number of nitrogens with one attached hydrogen (secondary N) is 2. The lowest BCUT2D eigenvalue weighted by Crippen LogP contribution is -2.25. The monoisotopic (exact) mass is 227 g/mol. The van der Waals surface area contributed by atoms with E-state index in [2.05, 4.69) is 15.6 Å². The summed E-state index contributed by atoms with van der Waals surface area (Å²) in [7, 11) is 1.85. The van der Waals surface area contributed by atoms with Crippen LogP contribution in [0.15, 0.2) is 5.38 Å². The molecule has 1 aromatic heterocycles. The van der Waals surface area contributed by atoms with Gasteiger partial charge in [0.15, 0.2) is 5.13 Å². The molecule has 15 heavy (non-hydrogen) atoms. The van der Waals surface area contributed by atoms with E-state index in [1.165, 1.54) is 0 Å². The quantitative estimate of drug-likeness (QED) is 0.777. The minimum absolute atomic E-state index is 0.126. The summed E-state index contributed by atoms with van der Waals surface area (Å²) < 4.78 is 0. The van der Waals surface area contributed by atoms with Crippen LogP contribution in [0.4, 0.5) is 5.13 Å². The van der Waals surface area contributed by atoms with Gasteiger partial charge in [0.2, 0.25) is 5.91 Å². The highest BCUT2D eigenvalue weighted by atomic mass is 32.1. The topological polar surface area (TPSA) is 54.0 Å². The van der Waals surface area contributed by atoms with E-state index in [-0.39, 0.29) is 5.91 Å². The Morgan fingerprint density at radius 2 is 2.40 bits per heavy atom. The average molecular weight is 227 g/mol. The number of aromatic nitrogens is 1. The highest BCUT2D eigenvalue weighted by molar-refractivity contribution is 7.13. The third-order valence-corrected chi connectivity index (χ3v) is 2.85. The second-order valence-electron chi connectivity index (χ2n) is 3.24. The fraction of sp³-hybridized carbons (Fsp3) is 0.600. The molecule has 1 heterocycles. The maximum Gasteiger partial charge on any atom is 0.219 e. The van der Waals surface area contributed by atoms with E-state index < -0.39 is 0 Å². The Kier molecular flexibility index (Phi) is 5.10. The normalized spacial score (nSPS) is 10.0. The van der Waals surface area contributed by atoms with Gasteiger partial charge in [0.1, 0.15) is 0 Å². The van der Waals surface area contributed by atoms with Crippen molar-refractivity contribution < 1.29 is 4.79 Å². The minimum atomic E-state index is 0.126. The van der Waals surface area contributed by atoms with Crippen LogP contribution in [0.5, 0.6) is 0 Å². The van der Waals surface area contributed by atoms with Crippen molar-refractivity contribution in [1.29, 1.82) is 0 Å². The molecule has 0 aromatic carbocycles. The van der Waals surface area contributed by atoms with Crippen LogP contribution in [0, 0.1) is 0 Å². The molecule has 0 unspecified atom stereocenters. The number of carbonyl (C=O) groups is 1. The fourth-order valence-electron chi connectivity index (χ4n) is 1.18. The summed E-state index contributed by atoms with van der Waals surface area (Å²) in [4.78, 5) is 15.5. The zero-order chi connectivity index (χ0) is 11.1. The number of carbonyl (C=O) groups excluding carboxylic acids is 1. The van der Waals surface area contributed by atoms with Crippen LogP contribution in [0.2, 0.25) is 0 Å². The Morgan fingerprint density at radius 3 is 3.00 bits per heavy atom. The zero-order valence-corrected chi connectivity index (χ0v) is 9.99. The Hall–Kier alpha value is -1.10. The number of hydrogen-bond donors (Lipinski definition) is 2. The maximum absolute atomic E-state index is 11.2. The van der Waals surface area contributed by atoms with Gasteiger partial charge < -0.3 is 10.6 Å². The van der Waals surface area contributed by atoms with E-state index in [0.717, 1.165) is 23.7 Å². The van der Waals surface area contributed by atoms with Crippen LogP contribution in [-0.2, 0) is 11.2 Å². The Balaban J connectivity index is 2.22. The molecule has 5 heteroatoms. The molecule has 0 bridgehead atoms. The average Bonchev–Trinajstić information content (AvgIpc) is 2.66. The third kappa shape index (κ3) is 4.29. The molecule has 84 valence electrons. The van der Waals surface area contributed by atoms with Gasteiger partial charge in [-0.15, -0.1) is 11.3 Å². The molecule has 0 fully saturated rings. The first-order valence-corrected chi connectivity index (χ1v) is 6.03. The molecule has 0 spiro atoms. The molecule has 0 aliphatic carbocycles. The van der Waals surface area contributed by atoms with Gasteiger partial charge in [0.05, 0.1) is 5.69 Å². The molecule has 1 amide bonds. The molecule has 2 N–H and O–H groups in total. The van der Waals surface area contributed by atoms with Crippen LogP contribution in [0.25, 0.3) is 0 Å². The molecular weight excluding hydrogens is 210 g/mol. The van der Waals surface area contributed by atoms with Crippen LogP contribution in [0.3, 0.4) is 0 Å². The summed E-state index contributed by atoms with van der Waals surface area (Å²) >= 11 is 1.58. The van der Waals surface area contributed by atoms with Crippen LogP contribution in [-0.4, -0.2) is 24.5 Å². The standard InChI is InChI=1S/C10H17N3OS/c1-3-4-9(14)12-6-5-8-7-15-10(11-2)13-8/h7H,3-6H2,1-2H3,(H,11,13)(H,12,14). The number of amides is 1. The van der Waals surface area contributed by atoms with Crippen molar-refractivity contribution in [3.05, 3.63) is 11.1 Å². The van der Waals surface area contributed by atoms with E-state index in [1.807, 2.05) is 19.4 Å². The van der Waals surface area contributed by atoms with E-state index in [1.54, 1.807) is 11.3 Å². The lowest BCUT2D eigenvalue weighted by atomic mass is 10.3. The fourth-order valence-corrected chi connectivity index (χ4v) is 1.89. The second-order valence-corrected chi connectivity index (χ2v) is 4.10. The van der Waals surface area contributed by atoms with Crippen molar-refractivity contribution in [2.24, 2.45) is 0 Å². The minimum Gasteiger partial charge on any atom is -0.365 e. The molecule has 0 aliphatic rings. The van der Waals surface area contributed by atoms with Gasteiger partial charge in [-0.2, -0.15) is 0 Å². The molecule has 4 nitrogen and oxygen atoms in total. The van der Waals surface area contributed by atoms with Crippen molar-refractivity contribution in [2.75, 3.05) is 18.9 Å². The Morgan fingerprint density at radius 1 is 1.60 bits per heavy atom. The third-order valence-electron chi connectivity index (χ3n) is 1.95. The van der Waals surface area contributed by atoms with Crippen molar-refractivity contribution in [3.8, 4) is 0 Å². The van der Waals surface area contributed by atoms with Gasteiger partial charge in [-0.3, -0.25) is 4.79 Å².